The standard InChI is InChI=1S/C27H24O8/c1-30-18-7-5-16(6-8-18)21(28)15-34-19-9-10-20-23(13-19)35-26(27(20)29)12-17-11-24(32-3)25(33-4)14-22(17)31-2/h5-14H,15H2,1-4H3/b26-12-. The van der Waals surface area contributed by atoms with Gasteiger partial charge in [0.2, 0.25) is 5.78 Å². The van der Waals surface area contributed by atoms with Gasteiger partial charge in [-0.05, 0) is 48.5 Å². The second kappa shape index (κ2) is 10.2. The van der Waals surface area contributed by atoms with E-state index in [0.717, 1.165) is 0 Å². The molecule has 1 heterocycles. The van der Waals surface area contributed by atoms with E-state index in [4.69, 9.17) is 28.4 Å². The number of ether oxygens (including phenoxy) is 6. The van der Waals surface area contributed by atoms with Crippen LogP contribution in [0.3, 0.4) is 0 Å². The Morgan fingerprint density at radius 3 is 2.11 bits per heavy atom. The van der Waals surface area contributed by atoms with Gasteiger partial charge in [0, 0.05) is 23.3 Å². The van der Waals surface area contributed by atoms with Crippen molar-refractivity contribution in [3.63, 3.8) is 0 Å². The quantitative estimate of drug-likeness (QED) is 0.327. The first-order valence-corrected chi connectivity index (χ1v) is 10.7. The molecule has 8 nitrogen and oxygen atoms in total. The van der Waals surface area contributed by atoms with Gasteiger partial charge in [0.25, 0.3) is 0 Å². The number of benzene rings is 3. The van der Waals surface area contributed by atoms with Crippen LogP contribution < -0.4 is 28.4 Å². The number of carbonyl (C=O) groups excluding carboxylic acids is 2. The van der Waals surface area contributed by atoms with Crippen molar-refractivity contribution in [2.24, 2.45) is 0 Å². The highest BCUT2D eigenvalue weighted by atomic mass is 16.5. The topological polar surface area (TPSA) is 89.5 Å². The van der Waals surface area contributed by atoms with Gasteiger partial charge in [-0.2, -0.15) is 0 Å². The lowest BCUT2D eigenvalue weighted by atomic mass is 10.1. The first-order valence-electron chi connectivity index (χ1n) is 10.7. The summed E-state index contributed by atoms with van der Waals surface area (Å²) in [4.78, 5) is 25.3. The van der Waals surface area contributed by atoms with Gasteiger partial charge in [-0.1, -0.05) is 0 Å². The van der Waals surface area contributed by atoms with E-state index in [1.54, 1.807) is 67.8 Å². The van der Waals surface area contributed by atoms with Crippen LogP contribution in [0.1, 0.15) is 26.3 Å². The molecular weight excluding hydrogens is 452 g/mol. The van der Waals surface area contributed by atoms with Crippen LogP contribution in [-0.2, 0) is 0 Å². The van der Waals surface area contributed by atoms with E-state index in [1.807, 2.05) is 0 Å². The van der Waals surface area contributed by atoms with Crippen molar-refractivity contribution < 1.29 is 38.0 Å². The molecule has 4 rings (SSSR count). The second-order valence-corrected chi connectivity index (χ2v) is 7.49. The molecule has 0 aliphatic carbocycles. The molecule has 0 aromatic heterocycles. The van der Waals surface area contributed by atoms with E-state index in [9.17, 15) is 9.59 Å². The van der Waals surface area contributed by atoms with E-state index in [0.29, 0.717) is 51.2 Å². The van der Waals surface area contributed by atoms with E-state index in [-0.39, 0.29) is 23.9 Å². The molecule has 0 saturated heterocycles. The fourth-order valence-electron chi connectivity index (χ4n) is 3.57. The lowest BCUT2D eigenvalue weighted by Crippen LogP contribution is -2.11. The summed E-state index contributed by atoms with van der Waals surface area (Å²) >= 11 is 0. The SMILES string of the molecule is COc1ccc(C(=O)COc2ccc3c(c2)O/C(=C\c2cc(OC)c(OC)cc2OC)C3=O)cc1. The molecule has 180 valence electrons. The molecule has 0 radical (unpaired) electrons. The van der Waals surface area contributed by atoms with E-state index in [2.05, 4.69) is 0 Å². The average Bonchev–Trinajstić information content (AvgIpc) is 3.21. The Hall–Kier alpha value is -4.46. The summed E-state index contributed by atoms with van der Waals surface area (Å²) in [6.45, 7) is -0.162. The van der Waals surface area contributed by atoms with Gasteiger partial charge in [0.15, 0.2) is 29.6 Å². The predicted octanol–water partition coefficient (Wildman–Crippen LogP) is 4.60. The molecule has 1 aliphatic heterocycles. The Balaban J connectivity index is 1.51. The Morgan fingerprint density at radius 1 is 0.800 bits per heavy atom. The van der Waals surface area contributed by atoms with Crippen LogP contribution in [0.2, 0.25) is 0 Å². The number of rotatable bonds is 9. The van der Waals surface area contributed by atoms with Crippen molar-refractivity contribution in [2.45, 2.75) is 0 Å². The third-order valence-electron chi connectivity index (χ3n) is 5.45. The highest BCUT2D eigenvalue weighted by Gasteiger charge is 2.28. The summed E-state index contributed by atoms with van der Waals surface area (Å²) in [5.74, 6) is 2.54. The van der Waals surface area contributed by atoms with Gasteiger partial charge in [0.1, 0.15) is 23.0 Å². The van der Waals surface area contributed by atoms with Crippen LogP contribution >= 0.6 is 0 Å². The van der Waals surface area contributed by atoms with Gasteiger partial charge < -0.3 is 28.4 Å². The lowest BCUT2D eigenvalue weighted by molar-refractivity contribution is 0.0920. The van der Waals surface area contributed by atoms with Crippen molar-refractivity contribution in [3.05, 3.63) is 77.0 Å². The minimum Gasteiger partial charge on any atom is -0.497 e. The number of ketones is 2. The number of allylic oxidation sites excluding steroid dienone is 1. The first-order chi connectivity index (χ1) is 17.0. The maximum Gasteiger partial charge on any atom is 0.231 e. The Morgan fingerprint density at radius 2 is 1.46 bits per heavy atom. The third kappa shape index (κ3) is 4.91. The summed E-state index contributed by atoms with van der Waals surface area (Å²) < 4.78 is 32.6. The van der Waals surface area contributed by atoms with E-state index < -0.39 is 0 Å². The summed E-state index contributed by atoms with van der Waals surface area (Å²) in [5, 5.41) is 0. The fourth-order valence-corrected chi connectivity index (χ4v) is 3.57. The molecule has 0 bridgehead atoms. The molecule has 0 unspecified atom stereocenters. The zero-order chi connectivity index (χ0) is 24.9. The van der Waals surface area contributed by atoms with Crippen LogP contribution in [0.5, 0.6) is 34.5 Å². The molecule has 3 aromatic carbocycles. The van der Waals surface area contributed by atoms with Gasteiger partial charge in [-0.25, -0.2) is 0 Å². The zero-order valence-electron chi connectivity index (χ0n) is 19.7. The molecule has 0 amide bonds. The molecule has 0 atom stereocenters. The molecule has 35 heavy (non-hydrogen) atoms. The summed E-state index contributed by atoms with van der Waals surface area (Å²) in [6.07, 6.45) is 1.58. The van der Waals surface area contributed by atoms with Crippen LogP contribution in [-0.4, -0.2) is 46.6 Å². The monoisotopic (exact) mass is 476 g/mol. The molecular formula is C27H24O8. The van der Waals surface area contributed by atoms with Crippen molar-refractivity contribution in [1.29, 1.82) is 0 Å². The van der Waals surface area contributed by atoms with Crippen molar-refractivity contribution in [1.82, 2.24) is 0 Å². The highest BCUT2D eigenvalue weighted by molar-refractivity contribution is 6.14. The van der Waals surface area contributed by atoms with E-state index in [1.165, 1.54) is 21.3 Å². The smallest absolute Gasteiger partial charge is 0.231 e. The number of Topliss-reactive ketones (excluding diaryl/α,β-unsaturated/α-hetero) is 2. The molecule has 1 aliphatic rings. The van der Waals surface area contributed by atoms with Crippen LogP contribution in [0.4, 0.5) is 0 Å². The Labute approximate surface area is 202 Å². The summed E-state index contributed by atoms with van der Waals surface area (Å²) in [6, 6.07) is 15.0. The zero-order valence-corrected chi connectivity index (χ0v) is 19.7. The molecule has 8 heteroatoms. The fraction of sp³-hybridized carbons (Fsp3) is 0.185. The Bertz CT molecular complexity index is 1290. The lowest BCUT2D eigenvalue weighted by Gasteiger charge is -2.12. The van der Waals surface area contributed by atoms with Gasteiger partial charge >= 0.3 is 0 Å². The number of hydrogen-bond acceptors (Lipinski definition) is 8. The first kappa shape index (κ1) is 23.7. The maximum atomic E-state index is 12.9. The number of hydrogen-bond donors (Lipinski definition) is 0. The van der Waals surface area contributed by atoms with Gasteiger partial charge in [-0.3, -0.25) is 9.59 Å². The third-order valence-corrected chi connectivity index (χ3v) is 5.45. The van der Waals surface area contributed by atoms with Crippen molar-refractivity contribution in [2.75, 3.05) is 35.0 Å². The number of carbonyl (C=O) groups is 2. The van der Waals surface area contributed by atoms with Crippen molar-refractivity contribution >= 4 is 17.6 Å². The van der Waals surface area contributed by atoms with Gasteiger partial charge in [0.05, 0.1) is 34.0 Å². The van der Waals surface area contributed by atoms with Crippen LogP contribution in [0.15, 0.2) is 60.4 Å². The van der Waals surface area contributed by atoms with Crippen molar-refractivity contribution in [3.8, 4) is 34.5 Å². The highest BCUT2D eigenvalue weighted by Crippen LogP contribution is 2.39. The number of fused-ring (bicyclic) bond motifs is 1. The maximum absolute atomic E-state index is 12.9. The van der Waals surface area contributed by atoms with Crippen LogP contribution in [0.25, 0.3) is 6.08 Å². The predicted molar refractivity (Wildman–Crippen MR) is 128 cm³/mol. The molecule has 0 N–H and O–H groups in total. The van der Waals surface area contributed by atoms with E-state index >= 15 is 0 Å². The normalized spacial score (nSPS) is 13.1. The van der Waals surface area contributed by atoms with Gasteiger partial charge in [-0.15, -0.1) is 0 Å². The molecule has 0 fully saturated rings. The largest absolute Gasteiger partial charge is 0.497 e. The number of methoxy groups -OCH3 is 4. The average molecular weight is 476 g/mol. The molecule has 0 saturated carbocycles. The Kier molecular flexibility index (Phi) is 6.91. The minimum atomic E-state index is -0.280. The van der Waals surface area contributed by atoms with Crippen LogP contribution in [0, 0.1) is 0 Å². The summed E-state index contributed by atoms with van der Waals surface area (Å²) in [5.41, 5.74) is 1.49. The molecule has 3 aromatic rings. The summed E-state index contributed by atoms with van der Waals surface area (Å²) in [7, 11) is 6.13. The minimum absolute atomic E-state index is 0.122. The molecule has 0 spiro atoms. The second-order valence-electron chi connectivity index (χ2n) is 7.49.